The molecule has 4 heteroatoms. The summed E-state index contributed by atoms with van der Waals surface area (Å²) < 4.78 is 0. The Morgan fingerprint density at radius 2 is 2.09 bits per heavy atom. The molecule has 2 bridgehead atoms. The first-order valence-corrected chi connectivity index (χ1v) is 8.75. The van der Waals surface area contributed by atoms with E-state index in [0.29, 0.717) is 18.1 Å². The standard InChI is InChI=1S/C18H20N2OS/c1-11-14(12-5-3-2-4-6-12)10-17(22-11)18(21)20-16-9-13-7-8-15(16)19-13/h2-6,10,13,15-16,19H,7-9H2,1H3,(H,20,21)/t13-,15+,16-/m1/s1. The lowest BCUT2D eigenvalue weighted by molar-refractivity contribution is 0.0935. The molecule has 3 heterocycles. The van der Waals surface area contributed by atoms with E-state index in [9.17, 15) is 4.79 Å². The molecule has 0 saturated carbocycles. The maximum absolute atomic E-state index is 12.5. The second kappa shape index (κ2) is 5.52. The van der Waals surface area contributed by atoms with Gasteiger partial charge in [-0.2, -0.15) is 0 Å². The Bertz CT molecular complexity index is 694. The molecule has 0 aliphatic carbocycles. The molecular weight excluding hydrogens is 292 g/mol. The molecule has 2 fully saturated rings. The predicted octanol–water partition coefficient (Wildman–Crippen LogP) is 3.35. The number of fused-ring (bicyclic) bond motifs is 2. The van der Waals surface area contributed by atoms with E-state index >= 15 is 0 Å². The monoisotopic (exact) mass is 312 g/mol. The minimum Gasteiger partial charge on any atom is -0.347 e. The third kappa shape index (κ3) is 2.46. The molecule has 1 aromatic carbocycles. The number of benzene rings is 1. The van der Waals surface area contributed by atoms with Crippen LogP contribution >= 0.6 is 11.3 Å². The molecular formula is C18H20N2OS. The minimum absolute atomic E-state index is 0.0784. The molecule has 22 heavy (non-hydrogen) atoms. The topological polar surface area (TPSA) is 41.1 Å². The van der Waals surface area contributed by atoms with Gasteiger partial charge in [0.15, 0.2) is 0 Å². The van der Waals surface area contributed by atoms with E-state index < -0.39 is 0 Å². The Kier molecular flexibility index (Phi) is 3.51. The molecule has 2 aromatic rings. The van der Waals surface area contributed by atoms with Crippen molar-refractivity contribution in [2.75, 3.05) is 0 Å². The normalized spacial score (nSPS) is 26.3. The molecule has 114 valence electrons. The molecule has 3 nitrogen and oxygen atoms in total. The fourth-order valence-electron chi connectivity index (χ4n) is 3.72. The van der Waals surface area contributed by atoms with Crippen molar-refractivity contribution in [3.8, 4) is 11.1 Å². The molecule has 3 atom stereocenters. The van der Waals surface area contributed by atoms with Crippen LogP contribution in [0.5, 0.6) is 0 Å². The van der Waals surface area contributed by atoms with Crippen LogP contribution < -0.4 is 10.6 Å². The third-order valence-corrected chi connectivity index (χ3v) is 5.89. The Labute approximate surface area is 134 Å². The summed E-state index contributed by atoms with van der Waals surface area (Å²) in [5, 5.41) is 6.79. The number of carbonyl (C=O) groups is 1. The summed E-state index contributed by atoms with van der Waals surface area (Å²) in [4.78, 5) is 14.6. The smallest absolute Gasteiger partial charge is 0.261 e. The SMILES string of the molecule is Cc1sc(C(=O)N[C@@H]2C[C@H]3CC[C@@H]2N3)cc1-c1ccccc1. The van der Waals surface area contributed by atoms with Crippen LogP contribution in [0.1, 0.15) is 33.8 Å². The molecule has 1 amide bonds. The van der Waals surface area contributed by atoms with Crippen molar-refractivity contribution in [2.24, 2.45) is 0 Å². The average Bonchev–Trinajstić information content (AvgIpc) is 3.23. The second-order valence-electron chi connectivity index (χ2n) is 6.31. The zero-order chi connectivity index (χ0) is 15.1. The Balaban J connectivity index is 1.52. The van der Waals surface area contributed by atoms with E-state index in [4.69, 9.17) is 0 Å². The summed E-state index contributed by atoms with van der Waals surface area (Å²) >= 11 is 1.59. The van der Waals surface area contributed by atoms with Crippen LogP contribution in [0, 0.1) is 6.92 Å². The van der Waals surface area contributed by atoms with E-state index in [2.05, 4.69) is 29.7 Å². The van der Waals surface area contributed by atoms with Crippen LogP contribution in [0.2, 0.25) is 0 Å². The van der Waals surface area contributed by atoms with Crippen molar-refractivity contribution < 1.29 is 4.79 Å². The summed E-state index contributed by atoms with van der Waals surface area (Å²) in [6.07, 6.45) is 3.52. The average molecular weight is 312 g/mol. The van der Waals surface area contributed by atoms with Crippen LogP contribution in [0.4, 0.5) is 0 Å². The largest absolute Gasteiger partial charge is 0.347 e. The predicted molar refractivity (Wildman–Crippen MR) is 90.3 cm³/mol. The van der Waals surface area contributed by atoms with Crippen LogP contribution in [0.3, 0.4) is 0 Å². The molecule has 0 unspecified atom stereocenters. The van der Waals surface area contributed by atoms with Crippen molar-refractivity contribution in [3.63, 3.8) is 0 Å². The molecule has 4 rings (SSSR count). The molecule has 0 spiro atoms. The van der Waals surface area contributed by atoms with Gasteiger partial charge in [0.2, 0.25) is 0 Å². The highest BCUT2D eigenvalue weighted by molar-refractivity contribution is 7.14. The summed E-state index contributed by atoms with van der Waals surface area (Å²) in [6.45, 7) is 2.09. The van der Waals surface area contributed by atoms with Gasteiger partial charge in [-0.3, -0.25) is 4.79 Å². The minimum atomic E-state index is 0.0784. The van der Waals surface area contributed by atoms with Gasteiger partial charge in [-0.1, -0.05) is 30.3 Å². The third-order valence-electron chi connectivity index (χ3n) is 4.84. The maximum atomic E-state index is 12.5. The lowest BCUT2D eigenvalue weighted by Crippen LogP contribution is -2.42. The molecule has 2 aliphatic heterocycles. The molecule has 2 saturated heterocycles. The van der Waals surface area contributed by atoms with Gasteiger partial charge in [0.25, 0.3) is 5.91 Å². The van der Waals surface area contributed by atoms with Gasteiger partial charge in [0.05, 0.1) is 4.88 Å². The number of nitrogens with one attached hydrogen (secondary N) is 2. The summed E-state index contributed by atoms with van der Waals surface area (Å²) in [6, 6.07) is 13.7. The summed E-state index contributed by atoms with van der Waals surface area (Å²) in [5.41, 5.74) is 2.35. The Hall–Kier alpha value is -1.65. The molecule has 1 aromatic heterocycles. The van der Waals surface area contributed by atoms with Gasteiger partial charge in [-0.05, 0) is 43.4 Å². The van der Waals surface area contributed by atoms with Crippen molar-refractivity contribution in [3.05, 3.63) is 46.2 Å². The number of aryl methyl sites for hydroxylation is 1. The van der Waals surface area contributed by atoms with Crippen molar-refractivity contribution in [1.29, 1.82) is 0 Å². The van der Waals surface area contributed by atoms with Gasteiger partial charge in [-0.25, -0.2) is 0 Å². The molecule has 2 N–H and O–H groups in total. The fraction of sp³-hybridized carbons (Fsp3) is 0.389. The maximum Gasteiger partial charge on any atom is 0.261 e. The number of hydrogen-bond donors (Lipinski definition) is 2. The van der Waals surface area contributed by atoms with E-state index in [-0.39, 0.29) is 5.91 Å². The van der Waals surface area contributed by atoms with Crippen molar-refractivity contribution >= 4 is 17.2 Å². The second-order valence-corrected chi connectivity index (χ2v) is 7.57. The number of amides is 1. The highest BCUT2D eigenvalue weighted by atomic mass is 32.1. The number of rotatable bonds is 3. The lowest BCUT2D eigenvalue weighted by atomic mass is 9.95. The van der Waals surface area contributed by atoms with Crippen LogP contribution in [-0.4, -0.2) is 24.0 Å². The highest BCUT2D eigenvalue weighted by Gasteiger charge is 2.39. The Morgan fingerprint density at radius 1 is 1.27 bits per heavy atom. The van der Waals surface area contributed by atoms with Gasteiger partial charge in [0.1, 0.15) is 0 Å². The highest BCUT2D eigenvalue weighted by Crippen LogP contribution is 2.32. The van der Waals surface area contributed by atoms with E-state index in [1.165, 1.54) is 28.8 Å². The van der Waals surface area contributed by atoms with E-state index in [1.807, 2.05) is 24.3 Å². The van der Waals surface area contributed by atoms with Gasteiger partial charge < -0.3 is 10.6 Å². The zero-order valence-corrected chi connectivity index (χ0v) is 13.5. The molecule has 0 radical (unpaired) electrons. The van der Waals surface area contributed by atoms with E-state index in [0.717, 1.165) is 11.3 Å². The summed E-state index contributed by atoms with van der Waals surface area (Å²) in [5.74, 6) is 0.0784. The first kappa shape index (κ1) is 14.0. The first-order chi connectivity index (χ1) is 10.7. The fourth-order valence-corrected chi connectivity index (χ4v) is 4.67. The van der Waals surface area contributed by atoms with Crippen molar-refractivity contribution in [2.45, 2.75) is 44.3 Å². The van der Waals surface area contributed by atoms with Crippen molar-refractivity contribution in [1.82, 2.24) is 10.6 Å². The number of thiophene rings is 1. The van der Waals surface area contributed by atoms with E-state index in [1.54, 1.807) is 11.3 Å². The quantitative estimate of drug-likeness (QED) is 0.912. The lowest BCUT2D eigenvalue weighted by Gasteiger charge is -2.20. The van der Waals surface area contributed by atoms with Gasteiger partial charge >= 0.3 is 0 Å². The number of carbonyl (C=O) groups excluding carboxylic acids is 1. The Morgan fingerprint density at radius 3 is 2.77 bits per heavy atom. The van der Waals surface area contributed by atoms with Gasteiger partial charge in [-0.15, -0.1) is 11.3 Å². The van der Waals surface area contributed by atoms with Crippen LogP contribution in [0.25, 0.3) is 11.1 Å². The molecule has 2 aliphatic rings. The van der Waals surface area contributed by atoms with Crippen LogP contribution in [0.15, 0.2) is 36.4 Å². The zero-order valence-electron chi connectivity index (χ0n) is 12.6. The van der Waals surface area contributed by atoms with Crippen LogP contribution in [-0.2, 0) is 0 Å². The number of hydrogen-bond acceptors (Lipinski definition) is 3. The first-order valence-electron chi connectivity index (χ1n) is 7.93. The summed E-state index contributed by atoms with van der Waals surface area (Å²) in [7, 11) is 0. The van der Waals surface area contributed by atoms with Gasteiger partial charge in [0, 0.05) is 23.0 Å².